The molecule has 1 aromatic heterocycles. The van der Waals surface area contributed by atoms with Crippen molar-refractivity contribution in [2.45, 2.75) is 38.3 Å². The lowest BCUT2D eigenvalue weighted by molar-refractivity contribution is 0.109. The summed E-state index contributed by atoms with van der Waals surface area (Å²) in [5.74, 6) is 0.870. The fourth-order valence-electron chi connectivity index (χ4n) is 2.98. The van der Waals surface area contributed by atoms with Crippen molar-refractivity contribution in [1.82, 2.24) is 10.1 Å². The first-order valence-electron chi connectivity index (χ1n) is 7.73. The Morgan fingerprint density at radius 1 is 1.19 bits per heavy atom. The zero-order chi connectivity index (χ0) is 14.5. The van der Waals surface area contributed by atoms with Crippen LogP contribution in [0.4, 0.5) is 0 Å². The van der Waals surface area contributed by atoms with E-state index in [9.17, 15) is 5.11 Å². The Kier molecular flexibility index (Phi) is 4.68. The summed E-state index contributed by atoms with van der Waals surface area (Å²) in [6, 6.07) is 12.3. The molecule has 3 rings (SSSR count). The summed E-state index contributed by atoms with van der Waals surface area (Å²) < 4.78 is 5.48. The number of rotatable bonds is 4. The van der Waals surface area contributed by atoms with Crippen molar-refractivity contribution >= 4 is 0 Å². The van der Waals surface area contributed by atoms with Gasteiger partial charge in [-0.25, -0.2) is 0 Å². The van der Waals surface area contributed by atoms with E-state index < -0.39 is 0 Å². The Labute approximate surface area is 125 Å². The normalized spacial score (nSPS) is 20.3. The highest BCUT2D eigenvalue weighted by Gasteiger charge is 2.21. The summed E-state index contributed by atoms with van der Waals surface area (Å²) in [6.45, 7) is 1.97. The number of aliphatic hydroxyl groups excluding tert-OH is 1. The van der Waals surface area contributed by atoms with Gasteiger partial charge in [0.1, 0.15) is 5.69 Å². The molecule has 2 aromatic rings. The van der Waals surface area contributed by atoms with Gasteiger partial charge in [0.2, 0.25) is 0 Å². The van der Waals surface area contributed by atoms with Crippen molar-refractivity contribution in [2.75, 3.05) is 13.2 Å². The standard InChI is InChI=1S/C17H22N2O2/c20-13-15-9-5-2-6-10-19(15)12-16-11-17(18-21-16)14-7-3-1-4-8-14/h1,3-4,7-8,11,15,20H,2,5-6,9-10,12-13H2. The minimum absolute atomic E-state index is 0.222. The first-order valence-corrected chi connectivity index (χ1v) is 7.73. The molecule has 4 heteroatoms. The lowest BCUT2D eigenvalue weighted by atomic mass is 10.1. The Hall–Kier alpha value is -1.65. The number of aromatic nitrogens is 1. The molecule has 0 amide bonds. The molecule has 0 aliphatic carbocycles. The summed E-state index contributed by atoms with van der Waals surface area (Å²) in [4.78, 5) is 2.32. The molecule has 0 radical (unpaired) electrons. The minimum atomic E-state index is 0.222. The summed E-state index contributed by atoms with van der Waals surface area (Å²) in [5.41, 5.74) is 1.95. The molecule has 1 aliphatic heterocycles. The number of likely N-dealkylation sites (tertiary alicyclic amines) is 1. The zero-order valence-corrected chi connectivity index (χ0v) is 12.2. The van der Waals surface area contributed by atoms with E-state index in [2.05, 4.69) is 10.1 Å². The monoisotopic (exact) mass is 286 g/mol. The van der Waals surface area contributed by atoms with E-state index in [0.29, 0.717) is 0 Å². The van der Waals surface area contributed by atoms with Gasteiger partial charge in [-0.15, -0.1) is 0 Å². The van der Waals surface area contributed by atoms with Crippen molar-refractivity contribution in [3.8, 4) is 11.3 Å². The number of aliphatic hydroxyl groups is 1. The molecule has 2 heterocycles. The van der Waals surface area contributed by atoms with Gasteiger partial charge in [-0.3, -0.25) is 4.90 Å². The molecule has 1 saturated heterocycles. The number of hydrogen-bond donors (Lipinski definition) is 1. The van der Waals surface area contributed by atoms with Gasteiger partial charge in [-0.2, -0.15) is 0 Å². The van der Waals surface area contributed by atoms with Crippen molar-refractivity contribution in [2.24, 2.45) is 0 Å². The van der Waals surface area contributed by atoms with Gasteiger partial charge in [0, 0.05) is 17.7 Å². The second-order valence-corrected chi connectivity index (χ2v) is 5.70. The summed E-state index contributed by atoms with van der Waals surface area (Å²) >= 11 is 0. The van der Waals surface area contributed by atoms with Gasteiger partial charge in [-0.05, 0) is 19.4 Å². The lowest BCUT2D eigenvalue weighted by Gasteiger charge is -2.27. The highest BCUT2D eigenvalue weighted by atomic mass is 16.5. The average molecular weight is 286 g/mol. The van der Waals surface area contributed by atoms with Crippen LogP contribution >= 0.6 is 0 Å². The van der Waals surface area contributed by atoms with E-state index >= 15 is 0 Å². The molecule has 4 nitrogen and oxygen atoms in total. The van der Waals surface area contributed by atoms with Gasteiger partial charge in [0.05, 0.1) is 13.2 Å². The third-order valence-corrected chi connectivity index (χ3v) is 4.20. The van der Waals surface area contributed by atoms with Crippen LogP contribution in [-0.2, 0) is 6.54 Å². The van der Waals surface area contributed by atoms with Crippen LogP contribution in [0.25, 0.3) is 11.3 Å². The van der Waals surface area contributed by atoms with Crippen molar-refractivity contribution in [3.05, 3.63) is 42.2 Å². The van der Waals surface area contributed by atoms with Gasteiger partial charge >= 0.3 is 0 Å². The number of benzene rings is 1. The van der Waals surface area contributed by atoms with E-state index in [1.807, 2.05) is 36.4 Å². The Morgan fingerprint density at radius 2 is 2.05 bits per heavy atom. The Bertz CT molecular complexity index is 553. The molecule has 1 aromatic carbocycles. The van der Waals surface area contributed by atoms with Gasteiger partial charge in [-0.1, -0.05) is 48.3 Å². The number of nitrogens with zero attached hydrogens (tertiary/aromatic N) is 2. The minimum Gasteiger partial charge on any atom is -0.395 e. The second-order valence-electron chi connectivity index (χ2n) is 5.70. The van der Waals surface area contributed by atoms with Gasteiger partial charge < -0.3 is 9.63 Å². The van der Waals surface area contributed by atoms with E-state index in [1.54, 1.807) is 0 Å². The molecule has 112 valence electrons. The largest absolute Gasteiger partial charge is 0.395 e. The number of hydrogen-bond acceptors (Lipinski definition) is 4. The van der Waals surface area contributed by atoms with E-state index in [1.165, 1.54) is 19.3 Å². The van der Waals surface area contributed by atoms with Crippen LogP contribution in [-0.4, -0.2) is 34.4 Å². The van der Waals surface area contributed by atoms with Gasteiger partial charge in [0.15, 0.2) is 5.76 Å². The fraction of sp³-hybridized carbons (Fsp3) is 0.471. The SMILES string of the molecule is OCC1CCCCCN1Cc1cc(-c2ccccc2)no1. The quantitative estimate of drug-likeness (QED) is 0.938. The molecule has 1 fully saturated rings. The molecular formula is C17H22N2O2. The smallest absolute Gasteiger partial charge is 0.151 e. The second kappa shape index (κ2) is 6.87. The molecular weight excluding hydrogens is 264 g/mol. The molecule has 1 atom stereocenters. The lowest BCUT2D eigenvalue weighted by Crippen LogP contribution is -2.36. The topological polar surface area (TPSA) is 49.5 Å². The van der Waals surface area contributed by atoms with Crippen LogP contribution in [0.1, 0.15) is 31.4 Å². The van der Waals surface area contributed by atoms with Crippen LogP contribution in [0.3, 0.4) is 0 Å². The summed E-state index contributed by atoms with van der Waals surface area (Å²) in [5, 5.41) is 13.7. The van der Waals surface area contributed by atoms with Crippen LogP contribution in [0, 0.1) is 0 Å². The van der Waals surface area contributed by atoms with Crippen LogP contribution in [0.2, 0.25) is 0 Å². The highest BCUT2D eigenvalue weighted by molar-refractivity contribution is 5.58. The van der Waals surface area contributed by atoms with Crippen LogP contribution in [0.15, 0.2) is 40.9 Å². The first kappa shape index (κ1) is 14.3. The molecule has 0 spiro atoms. The first-order chi connectivity index (χ1) is 10.4. The maximum absolute atomic E-state index is 9.56. The van der Waals surface area contributed by atoms with E-state index in [-0.39, 0.29) is 12.6 Å². The Balaban J connectivity index is 1.71. The summed E-state index contributed by atoms with van der Waals surface area (Å²) in [6.07, 6.45) is 4.71. The molecule has 1 unspecified atom stereocenters. The molecule has 0 bridgehead atoms. The molecule has 21 heavy (non-hydrogen) atoms. The zero-order valence-electron chi connectivity index (χ0n) is 12.2. The predicted octanol–water partition coefficient (Wildman–Crippen LogP) is 3.08. The Morgan fingerprint density at radius 3 is 2.86 bits per heavy atom. The third kappa shape index (κ3) is 3.52. The maximum atomic E-state index is 9.56. The van der Waals surface area contributed by atoms with E-state index in [0.717, 1.165) is 36.5 Å². The molecule has 1 aliphatic rings. The van der Waals surface area contributed by atoms with Crippen molar-refractivity contribution in [3.63, 3.8) is 0 Å². The van der Waals surface area contributed by atoms with Crippen molar-refractivity contribution in [1.29, 1.82) is 0 Å². The molecule has 1 N–H and O–H groups in total. The fourth-order valence-corrected chi connectivity index (χ4v) is 2.98. The third-order valence-electron chi connectivity index (χ3n) is 4.20. The average Bonchev–Trinajstić information content (AvgIpc) is 2.88. The predicted molar refractivity (Wildman–Crippen MR) is 81.7 cm³/mol. The van der Waals surface area contributed by atoms with Gasteiger partial charge in [0.25, 0.3) is 0 Å². The van der Waals surface area contributed by atoms with E-state index in [4.69, 9.17) is 4.52 Å². The summed E-state index contributed by atoms with van der Waals surface area (Å²) in [7, 11) is 0. The highest BCUT2D eigenvalue weighted by Crippen LogP contribution is 2.22. The van der Waals surface area contributed by atoms with Crippen molar-refractivity contribution < 1.29 is 9.63 Å². The van der Waals surface area contributed by atoms with Crippen LogP contribution < -0.4 is 0 Å². The van der Waals surface area contributed by atoms with Crippen LogP contribution in [0.5, 0.6) is 0 Å². The maximum Gasteiger partial charge on any atom is 0.151 e. The molecule has 0 saturated carbocycles.